The summed E-state index contributed by atoms with van der Waals surface area (Å²) < 4.78 is 0. The second kappa shape index (κ2) is 5.44. The van der Waals surface area contributed by atoms with E-state index in [0.717, 1.165) is 18.7 Å². The van der Waals surface area contributed by atoms with Crippen molar-refractivity contribution in [2.75, 3.05) is 28.2 Å². The number of nitrogens with zero attached hydrogens (tertiary/aromatic N) is 5. The molecule has 1 fully saturated rings. The highest BCUT2D eigenvalue weighted by atomic mass is 16.4. The number of carboxylic acids is 1. The van der Waals surface area contributed by atoms with Crippen LogP contribution in [-0.2, 0) is 0 Å². The molecule has 2 aromatic rings. The number of aromatic carboxylic acids is 1. The Hall–Kier alpha value is -3.23. The van der Waals surface area contributed by atoms with E-state index in [2.05, 4.69) is 25.2 Å². The van der Waals surface area contributed by atoms with Gasteiger partial charge in [-0.05, 0) is 24.6 Å². The molecule has 9 nitrogen and oxygen atoms in total. The Morgan fingerprint density at radius 2 is 2.04 bits per heavy atom. The molecule has 24 heavy (non-hydrogen) atoms. The normalized spacial score (nSPS) is 18.2. The molecule has 1 saturated heterocycles. The van der Waals surface area contributed by atoms with Crippen LogP contribution >= 0.6 is 0 Å². The number of carbonyl (C=O) groups is 2. The number of hydrogen-bond donors (Lipinski definition) is 2. The van der Waals surface area contributed by atoms with Crippen molar-refractivity contribution >= 4 is 29.5 Å². The van der Waals surface area contributed by atoms with Crippen molar-refractivity contribution in [1.29, 1.82) is 0 Å². The number of nitrogens with one attached hydrogen (secondary N) is 1. The molecule has 4 rings (SSSR count). The third kappa shape index (κ3) is 2.30. The van der Waals surface area contributed by atoms with E-state index >= 15 is 0 Å². The number of urea groups is 1. The number of aromatic nitrogens is 3. The molecule has 2 N–H and O–H groups in total. The van der Waals surface area contributed by atoms with Gasteiger partial charge >= 0.3 is 12.0 Å². The van der Waals surface area contributed by atoms with Crippen molar-refractivity contribution in [3.05, 3.63) is 36.3 Å². The molecule has 2 aliphatic rings. The molecule has 2 amide bonds. The second-order valence-electron chi connectivity index (χ2n) is 5.61. The number of fused-ring (bicyclic) bond motifs is 4. The number of hydrogen-bond acceptors (Lipinski definition) is 6. The average Bonchev–Trinajstić information content (AvgIpc) is 3.00. The standard InChI is InChI=1S/C15H14N6O3/c22-13(23)10-2-3-11-12(18-10)21(9-4-7-20(11)8-9)15(24)19-14-16-5-1-6-17-14/h1-3,5-6,9H,4,7-8H2,(H,22,23)(H,16,17,19,24)/t9-/m0/s1. The van der Waals surface area contributed by atoms with Crippen molar-refractivity contribution in [3.8, 4) is 0 Å². The van der Waals surface area contributed by atoms with Gasteiger partial charge in [-0.15, -0.1) is 0 Å². The zero-order valence-corrected chi connectivity index (χ0v) is 12.6. The fourth-order valence-corrected chi connectivity index (χ4v) is 3.11. The molecule has 2 aliphatic heterocycles. The minimum absolute atomic E-state index is 0.0576. The Balaban J connectivity index is 1.72. The lowest BCUT2D eigenvalue weighted by atomic mass is 10.2. The Morgan fingerprint density at radius 1 is 1.25 bits per heavy atom. The molecule has 0 saturated carbocycles. The van der Waals surface area contributed by atoms with Gasteiger partial charge in [0.2, 0.25) is 5.95 Å². The Labute approximate surface area is 137 Å². The zero-order valence-electron chi connectivity index (χ0n) is 12.6. The van der Waals surface area contributed by atoms with Crippen LogP contribution in [-0.4, -0.2) is 51.2 Å². The van der Waals surface area contributed by atoms with Crippen molar-refractivity contribution in [2.24, 2.45) is 0 Å². The average molecular weight is 326 g/mol. The molecular weight excluding hydrogens is 312 g/mol. The molecule has 4 heterocycles. The highest BCUT2D eigenvalue weighted by Gasteiger charge is 2.40. The molecule has 0 radical (unpaired) electrons. The summed E-state index contributed by atoms with van der Waals surface area (Å²) in [4.78, 5) is 39.7. The first-order valence-electron chi connectivity index (χ1n) is 7.50. The molecule has 2 aromatic heterocycles. The number of rotatable bonds is 2. The van der Waals surface area contributed by atoms with Crippen LogP contribution in [0.15, 0.2) is 30.6 Å². The number of amides is 2. The maximum Gasteiger partial charge on any atom is 0.354 e. The van der Waals surface area contributed by atoms with Gasteiger partial charge in [0, 0.05) is 25.5 Å². The summed E-state index contributed by atoms with van der Waals surface area (Å²) in [5.74, 6) is -0.576. The van der Waals surface area contributed by atoms with Gasteiger partial charge in [0.05, 0.1) is 11.7 Å². The van der Waals surface area contributed by atoms with E-state index < -0.39 is 12.0 Å². The topological polar surface area (TPSA) is 112 Å². The first-order chi connectivity index (χ1) is 11.6. The maximum absolute atomic E-state index is 12.7. The second-order valence-corrected chi connectivity index (χ2v) is 5.61. The lowest BCUT2D eigenvalue weighted by molar-refractivity contribution is 0.0690. The maximum atomic E-state index is 12.7. The SMILES string of the molecule is O=C(O)c1ccc2c(n1)N(C(=O)Nc1ncccn1)[C@H]1CCN2C1. The van der Waals surface area contributed by atoms with Crippen LogP contribution in [0.25, 0.3) is 0 Å². The Morgan fingerprint density at radius 3 is 2.79 bits per heavy atom. The van der Waals surface area contributed by atoms with Crippen LogP contribution in [0, 0.1) is 0 Å². The summed E-state index contributed by atoms with van der Waals surface area (Å²) in [5, 5.41) is 11.8. The molecular formula is C15H14N6O3. The third-order valence-electron chi connectivity index (χ3n) is 4.17. The highest BCUT2D eigenvalue weighted by molar-refractivity contribution is 6.04. The summed E-state index contributed by atoms with van der Waals surface area (Å²) in [6.07, 6.45) is 3.86. The largest absolute Gasteiger partial charge is 0.477 e. The molecule has 0 spiro atoms. The highest BCUT2D eigenvalue weighted by Crippen LogP contribution is 2.39. The third-order valence-corrected chi connectivity index (χ3v) is 4.17. The lowest BCUT2D eigenvalue weighted by Gasteiger charge is -2.35. The molecule has 0 aliphatic carbocycles. The van der Waals surface area contributed by atoms with Crippen LogP contribution in [0.2, 0.25) is 0 Å². The molecule has 9 heteroatoms. The molecule has 0 aromatic carbocycles. The van der Waals surface area contributed by atoms with E-state index in [1.165, 1.54) is 23.4 Å². The quantitative estimate of drug-likeness (QED) is 0.853. The van der Waals surface area contributed by atoms with Gasteiger partial charge in [-0.3, -0.25) is 10.2 Å². The minimum Gasteiger partial charge on any atom is -0.477 e. The van der Waals surface area contributed by atoms with E-state index in [-0.39, 0.29) is 17.7 Å². The Kier molecular flexibility index (Phi) is 3.26. The van der Waals surface area contributed by atoms with E-state index in [1.54, 1.807) is 12.1 Å². The fraction of sp³-hybridized carbons (Fsp3) is 0.267. The summed E-state index contributed by atoms with van der Waals surface area (Å²) in [6.45, 7) is 1.50. The van der Waals surface area contributed by atoms with Gasteiger partial charge in [0.25, 0.3) is 0 Å². The molecule has 2 bridgehead atoms. The predicted octanol–water partition coefficient (Wildman–Crippen LogP) is 1.20. The van der Waals surface area contributed by atoms with Gasteiger partial charge in [-0.1, -0.05) is 0 Å². The predicted molar refractivity (Wildman–Crippen MR) is 85.3 cm³/mol. The van der Waals surface area contributed by atoms with Crippen LogP contribution in [0.3, 0.4) is 0 Å². The van der Waals surface area contributed by atoms with Crippen LogP contribution in [0.1, 0.15) is 16.9 Å². The van der Waals surface area contributed by atoms with Crippen LogP contribution < -0.4 is 15.1 Å². The lowest BCUT2D eigenvalue weighted by Crippen LogP contribution is -2.48. The van der Waals surface area contributed by atoms with Crippen LogP contribution in [0.4, 0.5) is 22.2 Å². The van der Waals surface area contributed by atoms with Gasteiger partial charge in [-0.2, -0.15) is 0 Å². The molecule has 1 atom stereocenters. The van der Waals surface area contributed by atoms with Gasteiger partial charge in [-0.25, -0.2) is 24.5 Å². The van der Waals surface area contributed by atoms with Crippen molar-refractivity contribution in [3.63, 3.8) is 0 Å². The number of pyridine rings is 1. The van der Waals surface area contributed by atoms with Crippen molar-refractivity contribution in [1.82, 2.24) is 15.0 Å². The van der Waals surface area contributed by atoms with Gasteiger partial charge < -0.3 is 10.0 Å². The smallest absolute Gasteiger partial charge is 0.354 e. The minimum atomic E-state index is -1.13. The summed E-state index contributed by atoms with van der Waals surface area (Å²) >= 11 is 0. The van der Waals surface area contributed by atoms with Gasteiger partial charge in [0.15, 0.2) is 11.5 Å². The monoisotopic (exact) mass is 326 g/mol. The first-order valence-corrected chi connectivity index (χ1v) is 7.50. The molecule has 122 valence electrons. The summed E-state index contributed by atoms with van der Waals surface area (Å²) in [5.41, 5.74) is 0.669. The summed E-state index contributed by atoms with van der Waals surface area (Å²) in [7, 11) is 0. The molecule has 0 unspecified atom stereocenters. The number of anilines is 3. The van der Waals surface area contributed by atoms with Crippen molar-refractivity contribution in [2.45, 2.75) is 12.5 Å². The fourth-order valence-electron chi connectivity index (χ4n) is 3.11. The van der Waals surface area contributed by atoms with E-state index in [9.17, 15) is 14.7 Å². The zero-order chi connectivity index (χ0) is 16.7. The van der Waals surface area contributed by atoms with E-state index in [4.69, 9.17) is 0 Å². The number of carboxylic acid groups (broad SMARTS) is 1. The Bertz CT molecular complexity index is 812. The van der Waals surface area contributed by atoms with Crippen molar-refractivity contribution < 1.29 is 14.7 Å². The van der Waals surface area contributed by atoms with E-state index in [0.29, 0.717) is 12.4 Å². The van der Waals surface area contributed by atoms with Crippen LogP contribution in [0.5, 0.6) is 0 Å². The summed E-state index contributed by atoms with van der Waals surface area (Å²) in [6, 6.07) is 4.34. The van der Waals surface area contributed by atoms with Gasteiger partial charge in [0.1, 0.15) is 0 Å². The first kappa shape index (κ1) is 14.4. The number of carbonyl (C=O) groups excluding carboxylic acids is 1. The van der Waals surface area contributed by atoms with E-state index in [1.807, 2.05) is 0 Å².